The van der Waals surface area contributed by atoms with E-state index in [1.807, 2.05) is 75.4 Å². The summed E-state index contributed by atoms with van der Waals surface area (Å²) in [7, 11) is 0. The van der Waals surface area contributed by atoms with E-state index in [0.717, 1.165) is 23.5 Å². The second kappa shape index (κ2) is 11.0. The fraction of sp³-hybridized carbons (Fsp3) is 0.464. The third-order valence-corrected chi connectivity index (χ3v) is 6.40. The van der Waals surface area contributed by atoms with E-state index in [1.54, 1.807) is 4.90 Å². The molecule has 0 spiro atoms. The van der Waals surface area contributed by atoms with Crippen LogP contribution >= 0.6 is 0 Å². The number of carbonyl (C=O) groups is 2. The van der Waals surface area contributed by atoms with Crippen molar-refractivity contribution in [2.24, 2.45) is 0 Å². The van der Waals surface area contributed by atoms with E-state index >= 15 is 0 Å². The second-order valence-corrected chi connectivity index (χ2v) is 10.3. The van der Waals surface area contributed by atoms with Crippen LogP contribution in [0.15, 0.2) is 54.6 Å². The number of ether oxygens (including phenoxy) is 2. The van der Waals surface area contributed by atoms with Crippen LogP contribution in [0.3, 0.4) is 0 Å². The third-order valence-electron chi connectivity index (χ3n) is 6.40. The summed E-state index contributed by atoms with van der Waals surface area (Å²) < 4.78 is 11.5. The van der Waals surface area contributed by atoms with Crippen molar-refractivity contribution in [3.63, 3.8) is 0 Å². The maximum atomic E-state index is 13.4. The standard InChI is InChI=1S/C28H34N4O4/c1-28(2,3)36-27(34)32-19-21(16-25(32)26(33)31-15-7-8-22(31)17-29)30-18-20-11-13-24(14-12-20)35-23-9-5-4-6-10-23/h4-6,9-14,21-22,25,30H,7-8,15-16,18-19H2,1-3H3/t21-,22?,25-/m0/s1. The van der Waals surface area contributed by atoms with Gasteiger partial charge in [0.2, 0.25) is 5.91 Å². The summed E-state index contributed by atoms with van der Waals surface area (Å²) in [4.78, 5) is 29.5. The third kappa shape index (κ3) is 6.35. The van der Waals surface area contributed by atoms with Crippen molar-refractivity contribution in [2.75, 3.05) is 13.1 Å². The lowest BCUT2D eigenvalue weighted by Crippen LogP contribution is -2.50. The van der Waals surface area contributed by atoms with Crippen LogP contribution in [0.5, 0.6) is 11.5 Å². The molecular weight excluding hydrogens is 456 g/mol. The van der Waals surface area contributed by atoms with Crippen molar-refractivity contribution < 1.29 is 19.1 Å². The van der Waals surface area contributed by atoms with Crippen LogP contribution in [-0.2, 0) is 16.1 Å². The SMILES string of the molecule is CC(C)(C)OC(=O)N1C[C@@H](NCc2ccc(Oc3ccccc3)cc2)C[C@H]1C(=O)N1CCCC1C#N. The average Bonchev–Trinajstić information content (AvgIpc) is 3.50. The molecule has 8 nitrogen and oxygen atoms in total. The minimum absolute atomic E-state index is 0.0742. The molecule has 8 heteroatoms. The van der Waals surface area contributed by atoms with Gasteiger partial charge in [-0.2, -0.15) is 5.26 Å². The van der Waals surface area contributed by atoms with Gasteiger partial charge in [0.15, 0.2) is 0 Å². The molecular formula is C28H34N4O4. The Hall–Kier alpha value is -3.57. The zero-order valence-corrected chi connectivity index (χ0v) is 21.1. The Morgan fingerprint density at radius 3 is 2.42 bits per heavy atom. The average molecular weight is 491 g/mol. The molecule has 2 aliphatic rings. The van der Waals surface area contributed by atoms with Crippen molar-refractivity contribution in [3.8, 4) is 17.6 Å². The summed E-state index contributed by atoms with van der Waals surface area (Å²) in [5, 5.41) is 12.9. The zero-order chi connectivity index (χ0) is 25.7. The molecule has 4 rings (SSSR count). The van der Waals surface area contributed by atoms with Gasteiger partial charge in [0.05, 0.1) is 6.07 Å². The van der Waals surface area contributed by atoms with Gasteiger partial charge in [0.25, 0.3) is 0 Å². The fourth-order valence-electron chi connectivity index (χ4n) is 4.66. The highest BCUT2D eigenvalue weighted by atomic mass is 16.6. The molecule has 2 fully saturated rings. The Labute approximate surface area is 212 Å². The summed E-state index contributed by atoms with van der Waals surface area (Å²) in [5.74, 6) is 1.37. The van der Waals surface area contributed by atoms with Crippen LogP contribution in [-0.4, -0.2) is 58.6 Å². The number of nitrogens with zero attached hydrogens (tertiary/aromatic N) is 3. The number of hydrogen-bond donors (Lipinski definition) is 1. The van der Waals surface area contributed by atoms with Crippen molar-refractivity contribution in [1.29, 1.82) is 5.26 Å². The molecule has 0 aromatic heterocycles. The summed E-state index contributed by atoms with van der Waals surface area (Å²) >= 11 is 0. The highest BCUT2D eigenvalue weighted by molar-refractivity contribution is 5.87. The Bertz CT molecular complexity index is 1090. The van der Waals surface area contributed by atoms with Crippen molar-refractivity contribution in [1.82, 2.24) is 15.1 Å². The van der Waals surface area contributed by atoms with Gasteiger partial charge in [-0.05, 0) is 69.9 Å². The molecule has 190 valence electrons. The van der Waals surface area contributed by atoms with E-state index in [-0.39, 0.29) is 11.9 Å². The predicted molar refractivity (Wildman–Crippen MR) is 135 cm³/mol. The van der Waals surface area contributed by atoms with Crippen molar-refractivity contribution >= 4 is 12.0 Å². The van der Waals surface area contributed by atoms with Crippen molar-refractivity contribution in [2.45, 2.75) is 70.3 Å². The molecule has 2 aliphatic heterocycles. The van der Waals surface area contributed by atoms with E-state index in [0.29, 0.717) is 32.5 Å². The number of benzene rings is 2. The number of hydrogen-bond acceptors (Lipinski definition) is 6. The topological polar surface area (TPSA) is 94.9 Å². The van der Waals surface area contributed by atoms with E-state index in [9.17, 15) is 14.9 Å². The molecule has 0 aliphatic carbocycles. The molecule has 0 bridgehead atoms. The lowest BCUT2D eigenvalue weighted by Gasteiger charge is -2.30. The smallest absolute Gasteiger partial charge is 0.411 e. The number of rotatable bonds is 6. The molecule has 36 heavy (non-hydrogen) atoms. The zero-order valence-electron chi connectivity index (χ0n) is 21.1. The molecule has 2 saturated heterocycles. The van der Waals surface area contributed by atoms with Gasteiger partial charge in [0.1, 0.15) is 29.2 Å². The van der Waals surface area contributed by atoms with Gasteiger partial charge >= 0.3 is 6.09 Å². The molecule has 0 saturated carbocycles. The second-order valence-electron chi connectivity index (χ2n) is 10.3. The summed E-state index contributed by atoms with van der Waals surface area (Å²) in [6, 6.07) is 18.5. The maximum absolute atomic E-state index is 13.4. The highest BCUT2D eigenvalue weighted by Gasteiger charge is 2.44. The Kier molecular flexibility index (Phi) is 7.80. The molecule has 3 atom stereocenters. The van der Waals surface area contributed by atoms with Gasteiger partial charge < -0.3 is 19.7 Å². The van der Waals surface area contributed by atoms with Crippen LogP contribution < -0.4 is 10.1 Å². The summed E-state index contributed by atoms with van der Waals surface area (Å²) in [5.41, 5.74) is 0.404. The maximum Gasteiger partial charge on any atom is 0.411 e. The van der Waals surface area contributed by atoms with Gasteiger partial charge in [-0.15, -0.1) is 0 Å². The minimum Gasteiger partial charge on any atom is -0.457 e. The first-order chi connectivity index (χ1) is 17.2. The Balaban J connectivity index is 1.39. The number of para-hydroxylation sites is 1. The minimum atomic E-state index is -0.664. The first-order valence-corrected chi connectivity index (χ1v) is 12.5. The lowest BCUT2D eigenvalue weighted by atomic mass is 10.1. The molecule has 2 aromatic rings. The van der Waals surface area contributed by atoms with E-state index < -0.39 is 23.8 Å². The first kappa shape index (κ1) is 25.5. The molecule has 2 heterocycles. The van der Waals surface area contributed by atoms with Gasteiger partial charge in [-0.25, -0.2) is 4.79 Å². The van der Waals surface area contributed by atoms with Gasteiger partial charge in [-0.3, -0.25) is 9.69 Å². The van der Waals surface area contributed by atoms with E-state index in [4.69, 9.17) is 9.47 Å². The van der Waals surface area contributed by atoms with Crippen LogP contribution in [0, 0.1) is 11.3 Å². The number of carbonyl (C=O) groups excluding carboxylic acids is 2. The molecule has 1 unspecified atom stereocenters. The Morgan fingerprint density at radius 2 is 1.75 bits per heavy atom. The fourth-order valence-corrected chi connectivity index (χ4v) is 4.66. The lowest BCUT2D eigenvalue weighted by molar-refractivity contribution is -0.135. The van der Waals surface area contributed by atoms with Crippen LogP contribution in [0.1, 0.15) is 45.6 Å². The molecule has 2 aromatic carbocycles. The number of nitriles is 1. The van der Waals surface area contributed by atoms with Crippen LogP contribution in [0.25, 0.3) is 0 Å². The number of amides is 2. The normalized spacial score (nSPS) is 21.8. The monoisotopic (exact) mass is 490 g/mol. The largest absolute Gasteiger partial charge is 0.457 e. The first-order valence-electron chi connectivity index (χ1n) is 12.5. The number of nitrogens with one attached hydrogen (secondary N) is 1. The van der Waals surface area contributed by atoms with Crippen LogP contribution in [0.2, 0.25) is 0 Å². The molecule has 1 N–H and O–H groups in total. The Morgan fingerprint density at radius 1 is 1.06 bits per heavy atom. The molecule has 0 radical (unpaired) electrons. The quantitative estimate of drug-likeness (QED) is 0.642. The summed E-state index contributed by atoms with van der Waals surface area (Å²) in [6.07, 6.45) is 1.45. The number of likely N-dealkylation sites (tertiary alicyclic amines) is 2. The van der Waals surface area contributed by atoms with Gasteiger partial charge in [0, 0.05) is 25.7 Å². The van der Waals surface area contributed by atoms with Gasteiger partial charge in [-0.1, -0.05) is 30.3 Å². The van der Waals surface area contributed by atoms with Crippen LogP contribution in [0.4, 0.5) is 4.79 Å². The predicted octanol–water partition coefficient (Wildman–Crippen LogP) is 4.46. The van der Waals surface area contributed by atoms with E-state index in [2.05, 4.69) is 11.4 Å². The highest BCUT2D eigenvalue weighted by Crippen LogP contribution is 2.27. The van der Waals surface area contributed by atoms with E-state index in [1.165, 1.54) is 4.90 Å². The summed E-state index contributed by atoms with van der Waals surface area (Å²) in [6.45, 7) is 6.93. The van der Waals surface area contributed by atoms with Crippen molar-refractivity contribution in [3.05, 3.63) is 60.2 Å². The molecule has 2 amide bonds.